The van der Waals surface area contributed by atoms with Gasteiger partial charge in [0.15, 0.2) is 0 Å². The molecule has 0 bridgehead atoms. The SMILES string of the molecule is CCCCOC(=O)c1ccc(NC(=O)CC#N)cc1. The Hall–Kier alpha value is -2.35. The summed E-state index contributed by atoms with van der Waals surface area (Å²) in [5.41, 5.74) is 0.986. The van der Waals surface area contributed by atoms with Gasteiger partial charge in [-0.05, 0) is 30.7 Å². The molecule has 1 aromatic rings. The molecular weight excluding hydrogens is 244 g/mol. The van der Waals surface area contributed by atoms with Crippen molar-refractivity contribution in [3.05, 3.63) is 29.8 Å². The van der Waals surface area contributed by atoms with Crippen LogP contribution in [0.15, 0.2) is 24.3 Å². The lowest BCUT2D eigenvalue weighted by molar-refractivity contribution is -0.115. The zero-order valence-corrected chi connectivity index (χ0v) is 10.8. The van der Waals surface area contributed by atoms with Crippen molar-refractivity contribution < 1.29 is 14.3 Å². The van der Waals surface area contributed by atoms with E-state index >= 15 is 0 Å². The first-order valence-corrected chi connectivity index (χ1v) is 6.11. The van der Waals surface area contributed by atoms with Crippen LogP contribution in [-0.2, 0) is 9.53 Å². The molecule has 1 aromatic carbocycles. The van der Waals surface area contributed by atoms with E-state index in [-0.39, 0.29) is 18.3 Å². The Kier molecular flexibility index (Phi) is 6.10. The number of nitrogens with zero attached hydrogens (tertiary/aromatic N) is 1. The van der Waals surface area contributed by atoms with Gasteiger partial charge in [0.2, 0.25) is 5.91 Å². The van der Waals surface area contributed by atoms with Gasteiger partial charge in [-0.2, -0.15) is 5.26 Å². The van der Waals surface area contributed by atoms with Crippen LogP contribution < -0.4 is 5.32 Å². The third-order valence-corrected chi connectivity index (χ3v) is 2.38. The van der Waals surface area contributed by atoms with Gasteiger partial charge in [0, 0.05) is 5.69 Å². The Bertz CT molecular complexity index is 474. The highest BCUT2D eigenvalue weighted by Gasteiger charge is 2.07. The minimum atomic E-state index is -0.374. The molecule has 5 nitrogen and oxygen atoms in total. The maximum atomic E-state index is 11.6. The summed E-state index contributed by atoms with van der Waals surface area (Å²) in [4.78, 5) is 22.8. The number of amides is 1. The molecule has 0 spiro atoms. The van der Waals surface area contributed by atoms with Gasteiger partial charge in [-0.1, -0.05) is 13.3 Å². The molecule has 0 aliphatic carbocycles. The number of nitrogens with one attached hydrogen (secondary N) is 1. The fourth-order valence-corrected chi connectivity index (χ4v) is 1.36. The molecule has 0 aliphatic rings. The van der Waals surface area contributed by atoms with E-state index in [1.165, 1.54) is 0 Å². The zero-order chi connectivity index (χ0) is 14.1. The van der Waals surface area contributed by atoms with Gasteiger partial charge in [-0.25, -0.2) is 4.79 Å². The Morgan fingerprint density at radius 3 is 2.58 bits per heavy atom. The lowest BCUT2D eigenvalue weighted by Gasteiger charge is -2.05. The zero-order valence-electron chi connectivity index (χ0n) is 10.8. The number of unbranched alkanes of at least 4 members (excludes halogenated alkanes) is 1. The van der Waals surface area contributed by atoms with Gasteiger partial charge >= 0.3 is 5.97 Å². The summed E-state index contributed by atoms with van der Waals surface area (Å²) < 4.78 is 5.06. The van der Waals surface area contributed by atoms with Crippen LogP contribution in [0.2, 0.25) is 0 Å². The topological polar surface area (TPSA) is 79.2 Å². The Balaban J connectivity index is 2.54. The first kappa shape index (κ1) is 14.7. The summed E-state index contributed by atoms with van der Waals surface area (Å²) in [7, 11) is 0. The first-order valence-electron chi connectivity index (χ1n) is 6.11. The molecule has 19 heavy (non-hydrogen) atoms. The largest absolute Gasteiger partial charge is 0.462 e. The number of anilines is 1. The van der Waals surface area contributed by atoms with Gasteiger partial charge in [-0.3, -0.25) is 4.79 Å². The van der Waals surface area contributed by atoms with Crippen LogP contribution in [0.4, 0.5) is 5.69 Å². The molecule has 0 heterocycles. The molecule has 0 aliphatic heterocycles. The number of ether oxygens (including phenoxy) is 1. The number of hydrogen-bond acceptors (Lipinski definition) is 4. The molecule has 0 unspecified atom stereocenters. The second-order valence-electron chi connectivity index (χ2n) is 3.95. The van der Waals surface area contributed by atoms with E-state index in [2.05, 4.69) is 5.32 Å². The van der Waals surface area contributed by atoms with Crippen molar-refractivity contribution >= 4 is 17.6 Å². The van der Waals surface area contributed by atoms with Gasteiger partial charge in [0.25, 0.3) is 0 Å². The van der Waals surface area contributed by atoms with E-state index in [9.17, 15) is 9.59 Å². The number of carbonyl (C=O) groups excluding carboxylic acids is 2. The minimum Gasteiger partial charge on any atom is -0.462 e. The second-order valence-corrected chi connectivity index (χ2v) is 3.95. The molecule has 0 saturated carbocycles. The molecule has 0 saturated heterocycles. The third-order valence-electron chi connectivity index (χ3n) is 2.38. The minimum absolute atomic E-state index is 0.194. The maximum Gasteiger partial charge on any atom is 0.338 e. The lowest BCUT2D eigenvalue weighted by Crippen LogP contribution is -2.10. The van der Waals surface area contributed by atoms with Gasteiger partial charge < -0.3 is 10.1 Å². The van der Waals surface area contributed by atoms with Gasteiger partial charge in [-0.15, -0.1) is 0 Å². The Labute approximate surface area is 112 Å². The van der Waals surface area contributed by atoms with Crippen molar-refractivity contribution in [3.63, 3.8) is 0 Å². The van der Waals surface area contributed by atoms with Crippen LogP contribution in [0, 0.1) is 11.3 Å². The highest BCUT2D eigenvalue weighted by molar-refractivity contribution is 5.93. The quantitative estimate of drug-likeness (QED) is 0.629. The van der Waals surface area contributed by atoms with Crippen molar-refractivity contribution in [1.82, 2.24) is 0 Å². The maximum absolute atomic E-state index is 11.6. The molecular formula is C14H16N2O3. The fraction of sp³-hybridized carbons (Fsp3) is 0.357. The summed E-state index contributed by atoms with van der Waals surface area (Å²) >= 11 is 0. The number of hydrogen-bond donors (Lipinski definition) is 1. The Morgan fingerprint density at radius 1 is 1.32 bits per heavy atom. The van der Waals surface area contributed by atoms with Crippen LogP contribution in [0.5, 0.6) is 0 Å². The van der Waals surface area contributed by atoms with Crippen LogP contribution in [0.25, 0.3) is 0 Å². The van der Waals surface area contributed by atoms with E-state index in [0.29, 0.717) is 17.9 Å². The van der Waals surface area contributed by atoms with Crippen molar-refractivity contribution in [2.75, 3.05) is 11.9 Å². The predicted molar refractivity (Wildman–Crippen MR) is 70.5 cm³/mol. The van der Waals surface area contributed by atoms with Gasteiger partial charge in [0.05, 0.1) is 18.2 Å². The number of carbonyl (C=O) groups is 2. The van der Waals surface area contributed by atoms with Crippen LogP contribution in [-0.4, -0.2) is 18.5 Å². The van der Waals surface area contributed by atoms with Gasteiger partial charge in [0.1, 0.15) is 6.42 Å². The normalized spacial score (nSPS) is 9.47. The molecule has 0 radical (unpaired) electrons. The predicted octanol–water partition coefficient (Wildman–Crippen LogP) is 2.50. The van der Waals surface area contributed by atoms with Crippen LogP contribution in [0.3, 0.4) is 0 Å². The number of benzene rings is 1. The number of esters is 1. The average molecular weight is 260 g/mol. The molecule has 0 aromatic heterocycles. The van der Waals surface area contributed by atoms with E-state index in [4.69, 9.17) is 10.00 Å². The molecule has 0 fully saturated rings. The van der Waals surface area contributed by atoms with Crippen molar-refractivity contribution in [3.8, 4) is 6.07 Å². The summed E-state index contributed by atoms with van der Waals surface area (Å²) in [6, 6.07) is 8.12. The monoisotopic (exact) mass is 260 g/mol. The van der Waals surface area contributed by atoms with E-state index in [1.807, 2.05) is 6.92 Å². The highest BCUT2D eigenvalue weighted by Crippen LogP contribution is 2.11. The van der Waals surface area contributed by atoms with Crippen molar-refractivity contribution in [2.24, 2.45) is 0 Å². The van der Waals surface area contributed by atoms with E-state index in [0.717, 1.165) is 12.8 Å². The van der Waals surface area contributed by atoms with E-state index < -0.39 is 0 Å². The van der Waals surface area contributed by atoms with Crippen molar-refractivity contribution in [2.45, 2.75) is 26.2 Å². The van der Waals surface area contributed by atoms with Crippen molar-refractivity contribution in [1.29, 1.82) is 5.26 Å². The molecule has 100 valence electrons. The van der Waals surface area contributed by atoms with Crippen LogP contribution in [0.1, 0.15) is 36.5 Å². The smallest absolute Gasteiger partial charge is 0.338 e. The number of rotatable bonds is 6. The molecule has 0 atom stereocenters. The fourth-order valence-electron chi connectivity index (χ4n) is 1.36. The molecule has 1 amide bonds. The molecule has 1 N–H and O–H groups in total. The summed E-state index contributed by atoms with van der Waals surface area (Å²) in [5, 5.41) is 10.9. The highest BCUT2D eigenvalue weighted by atomic mass is 16.5. The number of nitriles is 1. The summed E-state index contributed by atoms with van der Waals surface area (Å²) in [6.45, 7) is 2.43. The van der Waals surface area contributed by atoms with E-state index in [1.54, 1.807) is 30.3 Å². The molecule has 1 rings (SSSR count). The average Bonchev–Trinajstić information content (AvgIpc) is 2.40. The summed E-state index contributed by atoms with van der Waals surface area (Å²) in [5.74, 6) is -0.746. The first-order chi connectivity index (χ1) is 9.17. The summed E-state index contributed by atoms with van der Waals surface area (Å²) in [6.07, 6.45) is 1.62. The standard InChI is InChI=1S/C14H16N2O3/c1-2-3-10-19-14(18)11-4-6-12(7-5-11)16-13(17)8-9-15/h4-7H,2-3,8,10H2,1H3,(H,16,17). The second kappa shape index (κ2) is 7.88. The lowest BCUT2D eigenvalue weighted by atomic mass is 10.2. The Morgan fingerprint density at radius 2 is 2.00 bits per heavy atom. The van der Waals surface area contributed by atoms with Crippen LogP contribution >= 0.6 is 0 Å². The molecule has 5 heteroatoms. The third kappa shape index (κ3) is 5.21.